The first-order valence-electron chi connectivity index (χ1n) is 5.00. The zero-order valence-corrected chi connectivity index (χ0v) is 8.63. The average Bonchev–Trinajstić information content (AvgIpc) is 2.82. The predicted octanol–water partition coefficient (Wildman–Crippen LogP) is 2.43. The zero-order valence-electron chi connectivity index (χ0n) is 8.63. The van der Waals surface area contributed by atoms with E-state index in [9.17, 15) is 5.11 Å². The number of aliphatic hydroxyl groups excluding tert-OH is 1. The summed E-state index contributed by atoms with van der Waals surface area (Å²) in [5.74, 6) is 0.731. The maximum Gasteiger partial charge on any atom is 0.106 e. The van der Waals surface area contributed by atoms with Gasteiger partial charge in [0.15, 0.2) is 0 Å². The molecule has 0 saturated carbocycles. The number of hydrogen-bond donors (Lipinski definition) is 1. The second-order valence-electron chi connectivity index (χ2n) is 3.54. The summed E-state index contributed by atoms with van der Waals surface area (Å²) < 4.78 is 5.16. The summed E-state index contributed by atoms with van der Waals surface area (Å²) in [6, 6.07) is 12.6. The van der Waals surface area contributed by atoms with Crippen LogP contribution in [-0.2, 0) is 6.42 Å². The van der Waals surface area contributed by atoms with Crippen LogP contribution in [0.4, 0.5) is 0 Å². The molecule has 2 aromatic rings. The monoisotopic (exact) mass is 213 g/mol. The number of benzene rings is 1. The highest BCUT2D eigenvalue weighted by molar-refractivity contribution is 5.34. The molecule has 0 aliphatic rings. The van der Waals surface area contributed by atoms with Gasteiger partial charge in [-0.2, -0.15) is 5.26 Å². The molecule has 1 aromatic heterocycles. The maximum atomic E-state index is 9.94. The van der Waals surface area contributed by atoms with Gasteiger partial charge in [-0.05, 0) is 29.8 Å². The van der Waals surface area contributed by atoms with Gasteiger partial charge in [0.05, 0.1) is 24.0 Å². The third-order valence-corrected chi connectivity index (χ3v) is 2.38. The topological polar surface area (TPSA) is 57.2 Å². The van der Waals surface area contributed by atoms with Crippen LogP contribution in [0.15, 0.2) is 47.1 Å². The van der Waals surface area contributed by atoms with E-state index in [4.69, 9.17) is 9.68 Å². The first kappa shape index (κ1) is 10.5. The van der Waals surface area contributed by atoms with Crippen molar-refractivity contribution in [3.05, 3.63) is 59.5 Å². The van der Waals surface area contributed by atoms with Crippen LogP contribution in [0.2, 0.25) is 0 Å². The van der Waals surface area contributed by atoms with Gasteiger partial charge >= 0.3 is 0 Å². The molecule has 0 saturated heterocycles. The van der Waals surface area contributed by atoms with Crippen LogP contribution in [-0.4, -0.2) is 5.11 Å². The van der Waals surface area contributed by atoms with Crippen LogP contribution in [0.1, 0.15) is 23.0 Å². The van der Waals surface area contributed by atoms with Crippen molar-refractivity contribution >= 4 is 0 Å². The fourth-order valence-corrected chi connectivity index (χ4v) is 1.55. The van der Waals surface area contributed by atoms with Crippen LogP contribution in [0, 0.1) is 11.3 Å². The third-order valence-electron chi connectivity index (χ3n) is 2.38. The standard InChI is InChI=1S/C13H11NO2/c14-9-10-3-1-4-11(7-10)13(15)8-12-5-2-6-16-12/h1-7,13,15H,8H2. The Kier molecular flexibility index (Phi) is 3.04. The first-order valence-corrected chi connectivity index (χ1v) is 5.00. The van der Waals surface area contributed by atoms with Gasteiger partial charge in [0.2, 0.25) is 0 Å². The van der Waals surface area contributed by atoms with Gasteiger partial charge < -0.3 is 9.52 Å². The smallest absolute Gasteiger partial charge is 0.106 e. The molecule has 16 heavy (non-hydrogen) atoms. The summed E-state index contributed by atoms with van der Waals surface area (Å²) in [6.45, 7) is 0. The molecule has 1 N–H and O–H groups in total. The first-order chi connectivity index (χ1) is 7.79. The molecule has 3 nitrogen and oxygen atoms in total. The van der Waals surface area contributed by atoms with Gasteiger partial charge in [-0.1, -0.05) is 12.1 Å². The Hall–Kier alpha value is -2.05. The molecule has 1 unspecified atom stereocenters. The molecule has 0 spiro atoms. The lowest BCUT2D eigenvalue weighted by Crippen LogP contribution is -2.01. The molecule has 0 amide bonds. The molecule has 0 radical (unpaired) electrons. The van der Waals surface area contributed by atoms with E-state index in [1.165, 1.54) is 0 Å². The number of aliphatic hydroxyl groups is 1. The minimum atomic E-state index is -0.639. The highest BCUT2D eigenvalue weighted by atomic mass is 16.3. The predicted molar refractivity (Wildman–Crippen MR) is 58.5 cm³/mol. The van der Waals surface area contributed by atoms with E-state index < -0.39 is 6.10 Å². The molecule has 1 heterocycles. The summed E-state index contributed by atoms with van der Waals surface area (Å²) in [5, 5.41) is 18.7. The van der Waals surface area contributed by atoms with Crippen molar-refractivity contribution in [2.75, 3.05) is 0 Å². The molecule has 0 aliphatic heterocycles. The van der Waals surface area contributed by atoms with E-state index in [2.05, 4.69) is 0 Å². The van der Waals surface area contributed by atoms with Gasteiger partial charge in [-0.15, -0.1) is 0 Å². The van der Waals surface area contributed by atoms with Crippen LogP contribution < -0.4 is 0 Å². The number of rotatable bonds is 3. The third kappa shape index (κ3) is 2.30. The van der Waals surface area contributed by atoms with E-state index >= 15 is 0 Å². The Labute approximate surface area is 93.6 Å². The fraction of sp³-hybridized carbons (Fsp3) is 0.154. The second kappa shape index (κ2) is 4.65. The van der Waals surface area contributed by atoms with Crippen molar-refractivity contribution < 1.29 is 9.52 Å². The summed E-state index contributed by atoms with van der Waals surface area (Å²) in [5.41, 5.74) is 1.28. The zero-order chi connectivity index (χ0) is 11.4. The molecule has 1 atom stereocenters. The lowest BCUT2D eigenvalue weighted by Gasteiger charge is -2.09. The van der Waals surface area contributed by atoms with Crippen molar-refractivity contribution in [2.45, 2.75) is 12.5 Å². The van der Waals surface area contributed by atoms with Crippen LogP contribution in [0.3, 0.4) is 0 Å². The minimum absolute atomic E-state index is 0.419. The van der Waals surface area contributed by atoms with Crippen molar-refractivity contribution in [2.24, 2.45) is 0 Å². The minimum Gasteiger partial charge on any atom is -0.469 e. The second-order valence-corrected chi connectivity index (χ2v) is 3.54. The molecule has 80 valence electrons. The quantitative estimate of drug-likeness (QED) is 0.851. The van der Waals surface area contributed by atoms with Gasteiger partial charge in [-0.3, -0.25) is 0 Å². The molecular weight excluding hydrogens is 202 g/mol. The molecule has 3 heteroatoms. The normalized spacial score (nSPS) is 12.0. The highest BCUT2D eigenvalue weighted by Crippen LogP contribution is 2.19. The SMILES string of the molecule is N#Cc1cccc(C(O)Cc2ccco2)c1. The Morgan fingerprint density at radius 1 is 1.31 bits per heavy atom. The average molecular weight is 213 g/mol. The van der Waals surface area contributed by atoms with E-state index in [-0.39, 0.29) is 0 Å². The fourth-order valence-electron chi connectivity index (χ4n) is 1.55. The molecule has 2 rings (SSSR count). The number of hydrogen-bond acceptors (Lipinski definition) is 3. The summed E-state index contributed by atoms with van der Waals surface area (Å²) >= 11 is 0. The van der Waals surface area contributed by atoms with Crippen LogP contribution in [0.25, 0.3) is 0 Å². The largest absolute Gasteiger partial charge is 0.469 e. The van der Waals surface area contributed by atoms with E-state index in [0.717, 1.165) is 11.3 Å². The number of furan rings is 1. The van der Waals surface area contributed by atoms with Gasteiger partial charge in [-0.25, -0.2) is 0 Å². The molecule has 0 aliphatic carbocycles. The van der Waals surface area contributed by atoms with E-state index in [0.29, 0.717) is 12.0 Å². The van der Waals surface area contributed by atoms with Gasteiger partial charge in [0.1, 0.15) is 5.76 Å². The highest BCUT2D eigenvalue weighted by Gasteiger charge is 2.10. The summed E-state index contributed by atoms with van der Waals surface area (Å²) in [4.78, 5) is 0. The Balaban J connectivity index is 2.15. The van der Waals surface area contributed by atoms with Gasteiger partial charge in [0.25, 0.3) is 0 Å². The Morgan fingerprint density at radius 2 is 2.19 bits per heavy atom. The molecule has 0 fully saturated rings. The number of nitriles is 1. The number of nitrogens with zero attached hydrogens (tertiary/aromatic N) is 1. The van der Waals surface area contributed by atoms with Crippen LogP contribution in [0.5, 0.6) is 0 Å². The summed E-state index contributed by atoms with van der Waals surface area (Å²) in [6.07, 6.45) is 1.36. The molecule has 0 bridgehead atoms. The van der Waals surface area contributed by atoms with E-state index in [1.807, 2.05) is 12.1 Å². The molecular formula is C13H11NO2. The Morgan fingerprint density at radius 3 is 2.88 bits per heavy atom. The van der Waals surface area contributed by atoms with Crippen LogP contribution >= 0.6 is 0 Å². The van der Waals surface area contributed by atoms with Crippen molar-refractivity contribution in [3.8, 4) is 6.07 Å². The van der Waals surface area contributed by atoms with Crippen molar-refractivity contribution in [1.29, 1.82) is 5.26 Å². The lowest BCUT2D eigenvalue weighted by atomic mass is 10.0. The van der Waals surface area contributed by atoms with E-state index in [1.54, 1.807) is 36.6 Å². The Bertz CT molecular complexity index is 497. The van der Waals surface area contributed by atoms with Crippen molar-refractivity contribution in [3.63, 3.8) is 0 Å². The van der Waals surface area contributed by atoms with Gasteiger partial charge in [0, 0.05) is 6.42 Å². The lowest BCUT2D eigenvalue weighted by molar-refractivity contribution is 0.170. The van der Waals surface area contributed by atoms with Crippen molar-refractivity contribution in [1.82, 2.24) is 0 Å². The molecule has 1 aromatic carbocycles. The summed E-state index contributed by atoms with van der Waals surface area (Å²) in [7, 11) is 0. The maximum absolute atomic E-state index is 9.94.